The van der Waals surface area contributed by atoms with Crippen LogP contribution in [-0.4, -0.2) is 64.9 Å². The Morgan fingerprint density at radius 2 is 1.86 bits per heavy atom. The van der Waals surface area contributed by atoms with Gasteiger partial charge in [-0.25, -0.2) is 0 Å². The first-order valence-electron chi connectivity index (χ1n) is 12.3. The molecule has 1 saturated carbocycles. The van der Waals surface area contributed by atoms with Gasteiger partial charge in [0.15, 0.2) is 5.82 Å². The van der Waals surface area contributed by atoms with Crippen LogP contribution in [0, 0.1) is 6.92 Å². The van der Waals surface area contributed by atoms with Gasteiger partial charge in [0.25, 0.3) is 5.91 Å². The first-order valence-corrected chi connectivity index (χ1v) is 12.3. The number of benzene rings is 2. The maximum absolute atomic E-state index is 13.0. The molecule has 2 aliphatic rings. The van der Waals surface area contributed by atoms with Crippen molar-refractivity contribution in [2.45, 2.75) is 57.9 Å². The monoisotopic (exact) mass is 497 g/mol. The topological polar surface area (TPSA) is 61.4 Å². The lowest BCUT2D eigenvalue weighted by Gasteiger charge is -2.44. The zero-order valence-electron chi connectivity index (χ0n) is 20.6. The average molecular weight is 498 g/mol. The fraction of sp³-hybridized carbons (Fsp3) is 0.444. The zero-order chi connectivity index (χ0) is 25.6. The van der Waals surface area contributed by atoms with Crippen LogP contribution in [0.3, 0.4) is 0 Å². The average Bonchev–Trinajstić information content (AvgIpc) is 3.64. The van der Waals surface area contributed by atoms with Gasteiger partial charge in [-0.2, -0.15) is 18.3 Å². The Labute approximate surface area is 208 Å². The number of amides is 1. The molecule has 1 aliphatic heterocycles. The van der Waals surface area contributed by atoms with Crippen molar-refractivity contribution in [3.05, 3.63) is 53.7 Å². The van der Waals surface area contributed by atoms with E-state index in [0.717, 1.165) is 40.3 Å². The summed E-state index contributed by atoms with van der Waals surface area (Å²) in [6.07, 6.45) is -0.449. The van der Waals surface area contributed by atoms with Gasteiger partial charge in [-0.05, 0) is 74.6 Å². The van der Waals surface area contributed by atoms with Crippen LogP contribution < -0.4 is 10.2 Å². The molecule has 36 heavy (non-hydrogen) atoms. The summed E-state index contributed by atoms with van der Waals surface area (Å²) in [4.78, 5) is 16.1. The van der Waals surface area contributed by atoms with Crippen molar-refractivity contribution in [2.75, 3.05) is 24.5 Å². The van der Waals surface area contributed by atoms with Crippen LogP contribution >= 0.6 is 0 Å². The first kappa shape index (κ1) is 24.5. The highest BCUT2D eigenvalue weighted by Crippen LogP contribution is 2.33. The maximum Gasteiger partial charge on any atom is 0.401 e. The molecule has 2 fully saturated rings. The quantitative estimate of drug-likeness (QED) is 0.540. The highest BCUT2D eigenvalue weighted by Gasteiger charge is 2.38. The van der Waals surface area contributed by atoms with Gasteiger partial charge in [-0.1, -0.05) is 12.1 Å². The number of alkyl halides is 3. The molecule has 1 aliphatic carbocycles. The number of aryl methyl sites for hydroxylation is 1. The zero-order valence-corrected chi connectivity index (χ0v) is 20.6. The second-order valence-electron chi connectivity index (χ2n) is 10.1. The standard InChI is InChI=1S/C27H30F3N5O/c1-16-4-5-20(26(36)32-22-7-8-22)11-24(16)19-6-9-23-21(10-19)12-31-33-25(23)35-14-17(2)34(13-18(35)3)15-27(28,29)30/h4-6,9-12,17-18,22H,7-8,13-15H2,1-3H3,(H,32,36)/t17-,18+/m0/s1. The number of carbonyl (C=O) groups excluding carboxylic acids is 1. The van der Waals surface area contributed by atoms with Crippen molar-refractivity contribution in [1.82, 2.24) is 20.4 Å². The summed E-state index contributed by atoms with van der Waals surface area (Å²) in [5, 5.41) is 13.4. The SMILES string of the molecule is Cc1ccc(C(=O)NC2CC2)cc1-c1ccc2c(N3C[C@H](C)N(CC(F)(F)F)C[C@H]3C)nncc2c1. The van der Waals surface area contributed by atoms with E-state index in [1.165, 1.54) is 4.90 Å². The van der Waals surface area contributed by atoms with Crippen LogP contribution in [0.5, 0.6) is 0 Å². The minimum Gasteiger partial charge on any atom is -0.349 e. The predicted molar refractivity (Wildman–Crippen MR) is 134 cm³/mol. The third kappa shape index (κ3) is 5.16. The van der Waals surface area contributed by atoms with Gasteiger partial charge in [-0.15, -0.1) is 5.10 Å². The Bertz CT molecular complexity index is 1290. The van der Waals surface area contributed by atoms with E-state index < -0.39 is 12.7 Å². The van der Waals surface area contributed by atoms with Gasteiger partial charge < -0.3 is 10.2 Å². The molecule has 2 atom stereocenters. The molecule has 1 saturated heterocycles. The molecular formula is C27H30F3N5O. The highest BCUT2D eigenvalue weighted by atomic mass is 19.4. The molecule has 3 aromatic rings. The van der Waals surface area contributed by atoms with E-state index in [0.29, 0.717) is 30.5 Å². The second kappa shape index (κ2) is 9.35. The summed E-state index contributed by atoms with van der Waals surface area (Å²) in [5.74, 6) is 0.625. The summed E-state index contributed by atoms with van der Waals surface area (Å²) in [5.41, 5.74) is 3.64. The van der Waals surface area contributed by atoms with Gasteiger partial charge in [0.2, 0.25) is 0 Å². The molecule has 2 heterocycles. The minimum absolute atomic E-state index is 0.0551. The normalized spacial score (nSPS) is 21.1. The van der Waals surface area contributed by atoms with Crippen LogP contribution in [0.2, 0.25) is 0 Å². The lowest BCUT2D eigenvalue weighted by atomic mass is 9.96. The molecule has 0 unspecified atom stereocenters. The lowest BCUT2D eigenvalue weighted by molar-refractivity contribution is -0.152. The van der Waals surface area contributed by atoms with Gasteiger partial charge in [0, 0.05) is 47.6 Å². The lowest BCUT2D eigenvalue weighted by Crippen LogP contribution is -2.58. The van der Waals surface area contributed by atoms with E-state index in [-0.39, 0.29) is 18.0 Å². The van der Waals surface area contributed by atoms with E-state index >= 15 is 0 Å². The number of carbonyl (C=O) groups is 1. The molecule has 1 amide bonds. The number of rotatable bonds is 5. The first-order chi connectivity index (χ1) is 17.1. The number of fused-ring (bicyclic) bond motifs is 1. The van der Waals surface area contributed by atoms with Crippen molar-refractivity contribution >= 4 is 22.5 Å². The molecule has 9 heteroatoms. The number of hydrogen-bond donors (Lipinski definition) is 1. The fourth-order valence-electron chi connectivity index (χ4n) is 4.97. The summed E-state index contributed by atoms with van der Waals surface area (Å²) in [6, 6.07) is 11.6. The third-order valence-corrected chi connectivity index (χ3v) is 7.13. The van der Waals surface area contributed by atoms with Crippen molar-refractivity contribution in [3.63, 3.8) is 0 Å². The Hall–Kier alpha value is -3.20. The van der Waals surface area contributed by atoms with E-state index in [4.69, 9.17) is 0 Å². The summed E-state index contributed by atoms with van der Waals surface area (Å²) >= 11 is 0. The number of aromatic nitrogens is 2. The smallest absolute Gasteiger partial charge is 0.349 e. The van der Waals surface area contributed by atoms with Crippen LogP contribution in [0.1, 0.15) is 42.6 Å². The van der Waals surface area contributed by atoms with E-state index in [1.807, 2.05) is 57.2 Å². The Kier molecular flexibility index (Phi) is 6.36. The van der Waals surface area contributed by atoms with Gasteiger partial charge >= 0.3 is 6.18 Å². The van der Waals surface area contributed by atoms with Crippen LogP contribution in [0.4, 0.5) is 19.0 Å². The summed E-state index contributed by atoms with van der Waals surface area (Å²) in [6.45, 7) is 5.58. The Morgan fingerprint density at radius 3 is 2.58 bits per heavy atom. The molecule has 5 rings (SSSR count). The van der Waals surface area contributed by atoms with Crippen LogP contribution in [0.25, 0.3) is 21.9 Å². The Morgan fingerprint density at radius 1 is 1.08 bits per heavy atom. The second-order valence-corrected chi connectivity index (χ2v) is 10.1. The molecular weight excluding hydrogens is 467 g/mol. The maximum atomic E-state index is 13.0. The van der Waals surface area contributed by atoms with Gasteiger partial charge in [0.1, 0.15) is 0 Å². The molecule has 190 valence electrons. The van der Waals surface area contributed by atoms with E-state index in [2.05, 4.69) is 20.4 Å². The fourth-order valence-corrected chi connectivity index (χ4v) is 4.97. The molecule has 1 aromatic heterocycles. The van der Waals surface area contributed by atoms with Crippen molar-refractivity contribution in [3.8, 4) is 11.1 Å². The van der Waals surface area contributed by atoms with E-state index in [1.54, 1.807) is 6.20 Å². The number of halogens is 3. The largest absolute Gasteiger partial charge is 0.401 e. The minimum atomic E-state index is -4.22. The number of nitrogens with zero attached hydrogens (tertiary/aromatic N) is 4. The van der Waals surface area contributed by atoms with E-state index in [9.17, 15) is 18.0 Å². The van der Waals surface area contributed by atoms with Crippen LogP contribution in [0.15, 0.2) is 42.6 Å². The van der Waals surface area contributed by atoms with Gasteiger partial charge in [0.05, 0.1) is 12.7 Å². The summed E-state index contributed by atoms with van der Waals surface area (Å²) < 4.78 is 39.0. The predicted octanol–water partition coefficient (Wildman–Crippen LogP) is 4.96. The molecule has 6 nitrogen and oxygen atoms in total. The number of nitrogens with one attached hydrogen (secondary N) is 1. The van der Waals surface area contributed by atoms with Crippen molar-refractivity contribution < 1.29 is 18.0 Å². The van der Waals surface area contributed by atoms with Crippen molar-refractivity contribution in [2.24, 2.45) is 0 Å². The molecule has 0 bridgehead atoms. The number of hydrogen-bond acceptors (Lipinski definition) is 5. The van der Waals surface area contributed by atoms with Gasteiger partial charge in [-0.3, -0.25) is 9.69 Å². The highest BCUT2D eigenvalue weighted by molar-refractivity contribution is 5.98. The molecule has 2 aromatic carbocycles. The molecule has 1 N–H and O–H groups in total. The van der Waals surface area contributed by atoms with Crippen molar-refractivity contribution in [1.29, 1.82) is 0 Å². The number of piperazine rings is 1. The van der Waals surface area contributed by atoms with Crippen LogP contribution in [-0.2, 0) is 0 Å². The Balaban J connectivity index is 1.43. The summed E-state index contributed by atoms with van der Waals surface area (Å²) in [7, 11) is 0. The molecule has 0 spiro atoms. The number of anilines is 1. The third-order valence-electron chi connectivity index (χ3n) is 7.13. The molecule has 0 radical (unpaired) electrons.